The average molecular weight is 302 g/mol. The fourth-order valence-corrected chi connectivity index (χ4v) is 0.459. The molecule has 0 aliphatic heterocycles. The first-order chi connectivity index (χ1) is 8.65. The minimum atomic E-state index is -3.32. The molecule has 0 aliphatic carbocycles. The standard InChI is InChI=1S/C6BF9O3/c8-1(9)4(14)17-7(18-5(15)2(10)11)19-6(16)3(12)13. The van der Waals surface area contributed by atoms with Crippen LogP contribution < -0.4 is 0 Å². The fourth-order valence-electron chi connectivity index (χ4n) is 0.459. The molecule has 0 fully saturated rings. The molecule has 0 radical (unpaired) electrons. The zero-order chi connectivity index (χ0) is 15.2. The number of hydrogen-bond acceptors (Lipinski definition) is 3. The Hall–Kier alpha value is -1.95. The summed E-state index contributed by atoms with van der Waals surface area (Å²) in [6, 6.07) is -8.53. The first kappa shape index (κ1) is 17.1. The predicted octanol–water partition coefficient (Wildman–Crippen LogP) is 4.13. The summed E-state index contributed by atoms with van der Waals surface area (Å²) in [6.07, 6.45) is -9.56. The molecular weight excluding hydrogens is 302 g/mol. The monoisotopic (exact) mass is 302 g/mol. The van der Waals surface area contributed by atoms with Gasteiger partial charge in [-0.15, -0.1) is 0 Å². The van der Waals surface area contributed by atoms with E-state index in [1.165, 1.54) is 0 Å². The molecule has 0 rings (SSSR count). The summed E-state index contributed by atoms with van der Waals surface area (Å²) in [6.45, 7) is 0. The molecule has 13 heteroatoms. The van der Waals surface area contributed by atoms with E-state index in [9.17, 15) is 39.5 Å². The van der Waals surface area contributed by atoms with Crippen molar-refractivity contribution >= 4 is 7.32 Å². The van der Waals surface area contributed by atoms with Crippen LogP contribution in [0.5, 0.6) is 0 Å². The van der Waals surface area contributed by atoms with Crippen molar-refractivity contribution in [1.29, 1.82) is 0 Å². The maximum absolute atomic E-state index is 12.2. The van der Waals surface area contributed by atoms with Gasteiger partial charge in [0.2, 0.25) is 0 Å². The van der Waals surface area contributed by atoms with Crippen molar-refractivity contribution in [2.24, 2.45) is 0 Å². The summed E-state index contributed by atoms with van der Waals surface area (Å²) in [4.78, 5) is 0. The second kappa shape index (κ2) is 7.48. The van der Waals surface area contributed by atoms with E-state index < -0.39 is 43.6 Å². The van der Waals surface area contributed by atoms with E-state index in [1.54, 1.807) is 0 Å². The van der Waals surface area contributed by atoms with E-state index in [-0.39, 0.29) is 0 Å². The molecule has 0 saturated carbocycles. The molecular formula is C6BF9O3. The topological polar surface area (TPSA) is 27.7 Å². The largest absolute Gasteiger partial charge is 0.869 e. The van der Waals surface area contributed by atoms with Crippen LogP contribution >= 0.6 is 0 Å². The molecule has 0 heterocycles. The van der Waals surface area contributed by atoms with E-state index in [0.717, 1.165) is 0 Å². The second-order valence-electron chi connectivity index (χ2n) is 2.24. The van der Waals surface area contributed by atoms with Crippen molar-refractivity contribution in [1.82, 2.24) is 0 Å². The summed E-state index contributed by atoms with van der Waals surface area (Å²) >= 11 is 0. The van der Waals surface area contributed by atoms with Gasteiger partial charge in [0.1, 0.15) is 0 Å². The molecule has 0 aliphatic rings. The lowest BCUT2D eigenvalue weighted by atomic mass is 10.2. The van der Waals surface area contributed by atoms with Crippen LogP contribution in [-0.2, 0) is 14.0 Å². The zero-order valence-electron chi connectivity index (χ0n) is 8.20. The molecule has 0 bridgehead atoms. The molecule has 0 spiro atoms. The van der Waals surface area contributed by atoms with Crippen LogP contribution in [0.4, 0.5) is 39.5 Å². The fraction of sp³-hybridized carbons (Fsp3) is 0. The summed E-state index contributed by atoms with van der Waals surface area (Å²) < 4.78 is 115. The number of hydrogen-bond donors (Lipinski definition) is 0. The lowest BCUT2D eigenvalue weighted by Crippen LogP contribution is -2.25. The van der Waals surface area contributed by atoms with Crippen LogP contribution in [0.25, 0.3) is 0 Å². The Labute approximate surface area is 98.3 Å². The summed E-state index contributed by atoms with van der Waals surface area (Å²) in [5.74, 6) is 0. The van der Waals surface area contributed by atoms with Gasteiger partial charge in [0.05, 0.1) is 0 Å². The smallest absolute Gasteiger partial charge is 0.463 e. The summed E-state index contributed by atoms with van der Waals surface area (Å²) in [7, 11) is -3.32. The number of rotatable bonds is 6. The molecule has 108 valence electrons. The van der Waals surface area contributed by atoms with Gasteiger partial charge in [-0.25, -0.2) is 0 Å². The molecule has 0 aromatic heterocycles. The van der Waals surface area contributed by atoms with Crippen LogP contribution in [0.2, 0.25) is 0 Å². The lowest BCUT2D eigenvalue weighted by molar-refractivity contribution is 0.0846. The van der Waals surface area contributed by atoms with Crippen molar-refractivity contribution in [3.05, 3.63) is 36.3 Å². The van der Waals surface area contributed by atoms with Crippen LogP contribution in [0, 0.1) is 0 Å². The van der Waals surface area contributed by atoms with E-state index in [4.69, 9.17) is 0 Å². The number of halogens is 9. The van der Waals surface area contributed by atoms with Crippen molar-refractivity contribution in [2.45, 2.75) is 0 Å². The SMILES string of the molecule is FC(F)=C(F)OB(OC(F)=C(F)F)OC(F)=C(F)F. The Morgan fingerprint density at radius 2 is 0.684 bits per heavy atom. The Morgan fingerprint density at radius 3 is 0.842 bits per heavy atom. The minimum absolute atomic E-state index is 2.84. The van der Waals surface area contributed by atoms with Crippen molar-refractivity contribution in [2.75, 3.05) is 0 Å². The summed E-state index contributed by atoms with van der Waals surface area (Å²) in [5, 5.41) is 0. The van der Waals surface area contributed by atoms with Crippen LogP contribution in [0.15, 0.2) is 36.3 Å². The van der Waals surface area contributed by atoms with Gasteiger partial charge in [0, 0.05) is 0 Å². The highest BCUT2D eigenvalue weighted by atomic mass is 19.3. The maximum atomic E-state index is 12.2. The van der Waals surface area contributed by atoms with Crippen molar-refractivity contribution in [3.63, 3.8) is 0 Å². The normalized spacial score (nSPS) is 9.32. The van der Waals surface area contributed by atoms with Crippen molar-refractivity contribution in [3.8, 4) is 0 Å². The van der Waals surface area contributed by atoms with Crippen molar-refractivity contribution < 1.29 is 53.5 Å². The van der Waals surface area contributed by atoms with Gasteiger partial charge in [-0.2, -0.15) is 39.5 Å². The second-order valence-corrected chi connectivity index (χ2v) is 2.24. The van der Waals surface area contributed by atoms with Gasteiger partial charge in [0.15, 0.2) is 0 Å². The van der Waals surface area contributed by atoms with Gasteiger partial charge in [-0.1, -0.05) is 0 Å². The molecule has 0 atom stereocenters. The Balaban J connectivity index is 5.01. The molecule has 0 saturated heterocycles. The van der Waals surface area contributed by atoms with E-state index in [2.05, 4.69) is 14.0 Å². The molecule has 0 unspecified atom stereocenters. The predicted molar refractivity (Wildman–Crippen MR) is 40.1 cm³/mol. The molecule has 19 heavy (non-hydrogen) atoms. The highest BCUT2D eigenvalue weighted by Crippen LogP contribution is 2.20. The van der Waals surface area contributed by atoms with E-state index in [1.807, 2.05) is 0 Å². The molecule has 0 aromatic rings. The highest BCUT2D eigenvalue weighted by molar-refractivity contribution is 6.37. The molecule has 0 amide bonds. The lowest BCUT2D eigenvalue weighted by Gasteiger charge is -2.11. The van der Waals surface area contributed by atoms with Gasteiger partial charge < -0.3 is 14.0 Å². The Kier molecular flexibility index (Phi) is 6.72. The van der Waals surface area contributed by atoms with Gasteiger partial charge in [-0.05, 0) is 0 Å². The first-order valence-electron chi connectivity index (χ1n) is 3.77. The van der Waals surface area contributed by atoms with Gasteiger partial charge >= 0.3 is 43.6 Å². The Morgan fingerprint density at radius 1 is 0.474 bits per heavy atom. The molecule has 0 N–H and O–H groups in total. The quantitative estimate of drug-likeness (QED) is 0.419. The van der Waals surface area contributed by atoms with E-state index in [0.29, 0.717) is 0 Å². The maximum Gasteiger partial charge on any atom is 0.869 e. The van der Waals surface area contributed by atoms with Crippen LogP contribution in [0.3, 0.4) is 0 Å². The molecule has 0 aromatic carbocycles. The summed E-state index contributed by atoms with van der Waals surface area (Å²) in [5.41, 5.74) is 0. The third-order valence-corrected chi connectivity index (χ3v) is 1.04. The van der Waals surface area contributed by atoms with E-state index >= 15 is 0 Å². The minimum Gasteiger partial charge on any atom is -0.463 e. The highest BCUT2D eigenvalue weighted by Gasteiger charge is 2.37. The zero-order valence-corrected chi connectivity index (χ0v) is 8.20. The Bertz CT molecular complexity index is 346. The first-order valence-corrected chi connectivity index (χ1v) is 3.77. The third kappa shape index (κ3) is 6.52. The van der Waals surface area contributed by atoms with Gasteiger partial charge in [0.25, 0.3) is 0 Å². The van der Waals surface area contributed by atoms with Gasteiger partial charge in [-0.3, -0.25) is 0 Å². The third-order valence-electron chi connectivity index (χ3n) is 1.04. The molecule has 3 nitrogen and oxygen atoms in total. The average Bonchev–Trinajstić information content (AvgIpc) is 2.27. The van der Waals surface area contributed by atoms with Crippen LogP contribution in [-0.4, -0.2) is 7.32 Å². The van der Waals surface area contributed by atoms with Crippen LogP contribution in [0.1, 0.15) is 0 Å².